The minimum atomic E-state index is 0.579. The van der Waals surface area contributed by atoms with Gasteiger partial charge in [0.25, 0.3) is 0 Å². The highest BCUT2D eigenvalue weighted by molar-refractivity contribution is 5.79. The van der Waals surface area contributed by atoms with Gasteiger partial charge in [0.2, 0.25) is 0 Å². The molecule has 0 amide bonds. The lowest BCUT2D eigenvalue weighted by atomic mass is 10.1. The zero-order chi connectivity index (χ0) is 13.8. The van der Waals surface area contributed by atoms with Gasteiger partial charge >= 0.3 is 0 Å². The predicted molar refractivity (Wildman–Crippen MR) is 72.4 cm³/mol. The molecule has 0 radical (unpaired) electrons. The summed E-state index contributed by atoms with van der Waals surface area (Å²) in [5.74, 6) is 1.22. The van der Waals surface area contributed by atoms with Gasteiger partial charge in [-0.15, -0.1) is 0 Å². The second-order valence-electron chi connectivity index (χ2n) is 2.68. The molecule has 0 aliphatic heterocycles. The first-order valence-electron chi connectivity index (χ1n) is 5.90. The normalized spacial score (nSPS) is 7.94. The van der Waals surface area contributed by atoms with Crippen LogP contribution in [0.4, 0.5) is 0 Å². The Labute approximate surface area is 105 Å². The van der Waals surface area contributed by atoms with Crippen molar-refractivity contribution in [2.24, 2.45) is 0 Å². The maximum Gasteiger partial charge on any atom is 0.161 e. The average molecular weight is 240 g/mol. The Morgan fingerprint density at radius 1 is 0.941 bits per heavy atom. The maximum atomic E-state index is 10.6. The number of ether oxygens (including phenoxy) is 2. The fourth-order valence-electron chi connectivity index (χ4n) is 1.12. The van der Waals surface area contributed by atoms with E-state index >= 15 is 0 Å². The van der Waals surface area contributed by atoms with Crippen LogP contribution in [0.3, 0.4) is 0 Å². The van der Waals surface area contributed by atoms with Crippen LogP contribution in [0, 0.1) is 6.92 Å². The highest BCUT2D eigenvalue weighted by atomic mass is 16.5. The van der Waals surface area contributed by atoms with E-state index in [2.05, 4.69) is 0 Å². The number of methoxy groups -OCH3 is 2. The molecule has 0 spiro atoms. The van der Waals surface area contributed by atoms with Crippen LogP contribution in [0.1, 0.15) is 43.6 Å². The minimum absolute atomic E-state index is 0.579. The summed E-state index contributed by atoms with van der Waals surface area (Å²) in [6.45, 7) is 9.85. The molecular formula is C14H24O3. The lowest BCUT2D eigenvalue weighted by Gasteiger charge is -2.09. The number of carbonyl (C=O) groups is 1. The summed E-state index contributed by atoms with van der Waals surface area (Å²) in [6, 6.07) is 3.45. The topological polar surface area (TPSA) is 35.5 Å². The van der Waals surface area contributed by atoms with Gasteiger partial charge in [-0.25, -0.2) is 0 Å². The Bertz CT molecular complexity index is 319. The first-order chi connectivity index (χ1) is 8.22. The van der Waals surface area contributed by atoms with Crippen LogP contribution in [-0.4, -0.2) is 20.5 Å². The molecule has 1 rings (SSSR count). The largest absolute Gasteiger partial charge is 0.493 e. The number of carbonyl (C=O) groups excluding carboxylic acids is 1. The van der Waals surface area contributed by atoms with Crippen LogP contribution in [0.5, 0.6) is 11.5 Å². The van der Waals surface area contributed by atoms with Crippen molar-refractivity contribution in [2.45, 2.75) is 34.6 Å². The molecule has 0 saturated heterocycles. The first-order valence-corrected chi connectivity index (χ1v) is 5.90. The van der Waals surface area contributed by atoms with Crippen molar-refractivity contribution in [1.82, 2.24) is 0 Å². The van der Waals surface area contributed by atoms with Crippen LogP contribution >= 0.6 is 0 Å². The Hall–Kier alpha value is -1.51. The molecule has 0 bridgehead atoms. The molecule has 0 aliphatic carbocycles. The molecule has 0 saturated carbocycles. The molecule has 0 aliphatic rings. The maximum absolute atomic E-state index is 10.6. The number of aryl methyl sites for hydroxylation is 1. The molecule has 0 fully saturated rings. The molecule has 3 nitrogen and oxygen atoms in total. The quantitative estimate of drug-likeness (QED) is 0.752. The molecule has 0 aromatic heterocycles. The Balaban J connectivity index is 0. The third-order valence-corrected chi connectivity index (χ3v) is 1.90. The third kappa shape index (κ3) is 5.38. The van der Waals surface area contributed by atoms with Crippen LogP contribution < -0.4 is 9.47 Å². The van der Waals surface area contributed by atoms with Gasteiger partial charge in [-0.3, -0.25) is 4.79 Å². The zero-order valence-corrected chi connectivity index (χ0v) is 12.0. The lowest BCUT2D eigenvalue weighted by molar-refractivity contribution is 0.112. The molecule has 3 heteroatoms. The minimum Gasteiger partial charge on any atom is -0.493 e. The van der Waals surface area contributed by atoms with Crippen molar-refractivity contribution in [3.63, 3.8) is 0 Å². The van der Waals surface area contributed by atoms with Gasteiger partial charge in [-0.1, -0.05) is 27.7 Å². The van der Waals surface area contributed by atoms with Crippen molar-refractivity contribution in [2.75, 3.05) is 14.2 Å². The Kier molecular flexibility index (Phi) is 11.6. The monoisotopic (exact) mass is 240 g/mol. The van der Waals surface area contributed by atoms with E-state index in [1.54, 1.807) is 26.4 Å². The molecule has 1 aromatic carbocycles. The summed E-state index contributed by atoms with van der Waals surface area (Å²) < 4.78 is 10.1. The first kappa shape index (κ1) is 17.9. The predicted octanol–water partition coefficient (Wildman–Crippen LogP) is 3.88. The fraction of sp³-hybridized carbons (Fsp3) is 0.500. The van der Waals surface area contributed by atoms with E-state index in [4.69, 9.17) is 9.47 Å². The van der Waals surface area contributed by atoms with E-state index in [0.717, 1.165) is 11.8 Å². The van der Waals surface area contributed by atoms with Gasteiger partial charge < -0.3 is 9.47 Å². The lowest BCUT2D eigenvalue weighted by Crippen LogP contribution is -1.94. The van der Waals surface area contributed by atoms with E-state index < -0.39 is 0 Å². The van der Waals surface area contributed by atoms with E-state index in [-0.39, 0.29) is 0 Å². The van der Waals surface area contributed by atoms with Gasteiger partial charge in [0.15, 0.2) is 11.5 Å². The fourth-order valence-corrected chi connectivity index (χ4v) is 1.12. The van der Waals surface area contributed by atoms with Crippen molar-refractivity contribution >= 4 is 6.29 Å². The van der Waals surface area contributed by atoms with Crippen molar-refractivity contribution in [3.05, 3.63) is 23.3 Å². The summed E-state index contributed by atoms with van der Waals surface area (Å²) in [5, 5.41) is 0. The van der Waals surface area contributed by atoms with Gasteiger partial charge in [0.1, 0.15) is 6.29 Å². The molecule has 0 N–H and O–H groups in total. The molecule has 0 unspecified atom stereocenters. The van der Waals surface area contributed by atoms with Crippen LogP contribution in [0.25, 0.3) is 0 Å². The van der Waals surface area contributed by atoms with E-state index in [9.17, 15) is 4.79 Å². The number of rotatable bonds is 3. The average Bonchev–Trinajstić information content (AvgIpc) is 2.42. The second-order valence-corrected chi connectivity index (χ2v) is 2.68. The summed E-state index contributed by atoms with van der Waals surface area (Å²) >= 11 is 0. The van der Waals surface area contributed by atoms with E-state index in [1.807, 2.05) is 34.6 Å². The van der Waals surface area contributed by atoms with E-state index in [1.165, 1.54) is 0 Å². The Morgan fingerprint density at radius 3 is 1.71 bits per heavy atom. The number of aldehydes is 1. The summed E-state index contributed by atoms with van der Waals surface area (Å²) in [5.41, 5.74) is 1.50. The SMILES string of the molecule is CC.CC.COc1cc(C)c(C=O)cc1OC. The molecule has 17 heavy (non-hydrogen) atoms. The molecule has 0 atom stereocenters. The molecule has 98 valence electrons. The summed E-state index contributed by atoms with van der Waals surface area (Å²) in [7, 11) is 3.11. The standard InChI is InChI=1S/C10H12O3.2C2H6/c1-7-4-9(12-2)10(13-3)5-8(7)6-11;2*1-2/h4-6H,1-3H3;2*1-2H3. The van der Waals surface area contributed by atoms with E-state index in [0.29, 0.717) is 17.1 Å². The van der Waals surface area contributed by atoms with Crippen LogP contribution in [0.2, 0.25) is 0 Å². The summed E-state index contributed by atoms with van der Waals surface area (Å²) in [4.78, 5) is 10.6. The Morgan fingerprint density at radius 2 is 1.35 bits per heavy atom. The third-order valence-electron chi connectivity index (χ3n) is 1.90. The van der Waals surface area contributed by atoms with Gasteiger partial charge in [-0.05, 0) is 24.6 Å². The number of hydrogen-bond acceptors (Lipinski definition) is 3. The molecule has 0 heterocycles. The van der Waals surface area contributed by atoms with Crippen LogP contribution in [0.15, 0.2) is 12.1 Å². The molecule has 1 aromatic rings. The zero-order valence-electron chi connectivity index (χ0n) is 12.0. The molecular weight excluding hydrogens is 216 g/mol. The van der Waals surface area contributed by atoms with Gasteiger partial charge in [-0.2, -0.15) is 0 Å². The van der Waals surface area contributed by atoms with Gasteiger partial charge in [0.05, 0.1) is 14.2 Å². The van der Waals surface area contributed by atoms with Gasteiger partial charge in [0, 0.05) is 5.56 Å². The number of benzene rings is 1. The van der Waals surface area contributed by atoms with Crippen molar-refractivity contribution < 1.29 is 14.3 Å². The summed E-state index contributed by atoms with van der Waals surface area (Å²) in [6.07, 6.45) is 0.803. The highest BCUT2D eigenvalue weighted by Gasteiger charge is 2.06. The van der Waals surface area contributed by atoms with Crippen LogP contribution in [-0.2, 0) is 0 Å². The second kappa shape index (κ2) is 11.0. The van der Waals surface area contributed by atoms with Crippen molar-refractivity contribution in [1.29, 1.82) is 0 Å². The smallest absolute Gasteiger partial charge is 0.161 e. The van der Waals surface area contributed by atoms with Crippen molar-refractivity contribution in [3.8, 4) is 11.5 Å². The highest BCUT2D eigenvalue weighted by Crippen LogP contribution is 2.29. The number of hydrogen-bond donors (Lipinski definition) is 0.